The topological polar surface area (TPSA) is 20.2 Å². The summed E-state index contributed by atoms with van der Waals surface area (Å²) in [6.45, 7) is 4.55. The summed E-state index contributed by atoms with van der Waals surface area (Å²) >= 11 is 0. The summed E-state index contributed by atoms with van der Waals surface area (Å²) in [7, 11) is 0. The molecular weight excluding hydrogens is 160 g/mol. The van der Waals surface area contributed by atoms with Crippen molar-refractivity contribution in [1.82, 2.24) is 0 Å². The molecule has 0 spiro atoms. The lowest BCUT2D eigenvalue weighted by atomic mass is 9.54. The zero-order valence-corrected chi connectivity index (χ0v) is 8.97. The maximum absolute atomic E-state index is 10.7. The maximum atomic E-state index is 10.7. The highest BCUT2D eigenvalue weighted by Crippen LogP contribution is 2.55. The fraction of sp³-hybridized carbons (Fsp3) is 1.00. The van der Waals surface area contributed by atoms with Crippen molar-refractivity contribution < 1.29 is 5.11 Å². The standard InChI is InChI=1S/C12H22O/c1-10-6-5-8-11(2)7-3-4-9-12(10,11)13/h10,13H,3-9H2,1-2H3/t10-,11-,12-/m1/s1. The third-order valence-electron chi connectivity index (χ3n) is 4.76. The van der Waals surface area contributed by atoms with Crippen molar-refractivity contribution in [3.05, 3.63) is 0 Å². The van der Waals surface area contributed by atoms with E-state index in [1.165, 1.54) is 38.5 Å². The predicted molar refractivity (Wildman–Crippen MR) is 54.5 cm³/mol. The molecule has 76 valence electrons. The van der Waals surface area contributed by atoms with E-state index in [2.05, 4.69) is 13.8 Å². The van der Waals surface area contributed by atoms with Crippen LogP contribution in [-0.4, -0.2) is 10.7 Å². The van der Waals surface area contributed by atoms with Crippen molar-refractivity contribution in [2.75, 3.05) is 0 Å². The molecule has 0 unspecified atom stereocenters. The van der Waals surface area contributed by atoms with Crippen LogP contribution < -0.4 is 0 Å². The van der Waals surface area contributed by atoms with Gasteiger partial charge in [-0.15, -0.1) is 0 Å². The van der Waals surface area contributed by atoms with Gasteiger partial charge in [-0.2, -0.15) is 0 Å². The third kappa shape index (κ3) is 1.24. The van der Waals surface area contributed by atoms with Gasteiger partial charge in [-0.05, 0) is 37.0 Å². The Hall–Kier alpha value is -0.0400. The minimum atomic E-state index is -0.330. The summed E-state index contributed by atoms with van der Waals surface area (Å²) < 4.78 is 0. The van der Waals surface area contributed by atoms with Crippen LogP contribution in [0.4, 0.5) is 0 Å². The molecule has 3 atom stereocenters. The number of aliphatic hydroxyl groups is 1. The van der Waals surface area contributed by atoms with Crippen molar-refractivity contribution in [2.45, 2.75) is 64.4 Å². The molecule has 0 aromatic heterocycles. The lowest BCUT2D eigenvalue weighted by Crippen LogP contribution is -2.55. The highest BCUT2D eigenvalue weighted by Gasteiger charge is 2.52. The van der Waals surface area contributed by atoms with Crippen molar-refractivity contribution in [3.8, 4) is 0 Å². The second kappa shape index (κ2) is 2.98. The molecular formula is C12H22O. The molecule has 1 N–H and O–H groups in total. The van der Waals surface area contributed by atoms with E-state index in [9.17, 15) is 5.11 Å². The van der Waals surface area contributed by atoms with Gasteiger partial charge in [-0.25, -0.2) is 0 Å². The Morgan fingerprint density at radius 2 is 1.69 bits per heavy atom. The van der Waals surface area contributed by atoms with Gasteiger partial charge in [0.15, 0.2) is 0 Å². The number of hydrogen-bond donors (Lipinski definition) is 1. The normalized spacial score (nSPS) is 51.5. The third-order valence-corrected chi connectivity index (χ3v) is 4.76. The first-order valence-corrected chi connectivity index (χ1v) is 5.81. The average molecular weight is 182 g/mol. The van der Waals surface area contributed by atoms with Gasteiger partial charge in [0.05, 0.1) is 5.60 Å². The number of fused-ring (bicyclic) bond motifs is 1. The van der Waals surface area contributed by atoms with E-state index in [1.807, 2.05) is 0 Å². The van der Waals surface area contributed by atoms with Gasteiger partial charge in [-0.3, -0.25) is 0 Å². The minimum absolute atomic E-state index is 0.239. The predicted octanol–water partition coefficient (Wildman–Crippen LogP) is 3.12. The zero-order chi connectivity index (χ0) is 9.53. The minimum Gasteiger partial charge on any atom is -0.389 e. The molecule has 0 radical (unpaired) electrons. The first-order chi connectivity index (χ1) is 6.08. The molecule has 0 amide bonds. The first kappa shape index (κ1) is 9.51. The summed E-state index contributed by atoms with van der Waals surface area (Å²) in [5, 5.41) is 10.7. The van der Waals surface area contributed by atoms with Crippen molar-refractivity contribution >= 4 is 0 Å². The van der Waals surface area contributed by atoms with Gasteiger partial charge in [0.2, 0.25) is 0 Å². The van der Waals surface area contributed by atoms with Gasteiger partial charge in [0.25, 0.3) is 0 Å². The largest absolute Gasteiger partial charge is 0.389 e. The molecule has 0 heterocycles. The van der Waals surface area contributed by atoms with Crippen LogP contribution >= 0.6 is 0 Å². The summed E-state index contributed by atoms with van der Waals surface area (Å²) in [6, 6.07) is 0. The second-order valence-corrected chi connectivity index (χ2v) is 5.49. The monoisotopic (exact) mass is 182 g/mol. The highest BCUT2D eigenvalue weighted by atomic mass is 16.3. The molecule has 13 heavy (non-hydrogen) atoms. The second-order valence-electron chi connectivity index (χ2n) is 5.49. The smallest absolute Gasteiger partial charge is 0.0726 e. The quantitative estimate of drug-likeness (QED) is 0.610. The van der Waals surface area contributed by atoms with Gasteiger partial charge in [0, 0.05) is 0 Å². The lowest BCUT2D eigenvalue weighted by Gasteiger charge is -2.55. The van der Waals surface area contributed by atoms with Crippen LogP contribution in [0.15, 0.2) is 0 Å². The van der Waals surface area contributed by atoms with Crippen molar-refractivity contribution in [2.24, 2.45) is 11.3 Å². The Balaban J connectivity index is 2.27. The fourth-order valence-corrected chi connectivity index (χ4v) is 3.65. The molecule has 0 aliphatic heterocycles. The van der Waals surface area contributed by atoms with Gasteiger partial charge < -0.3 is 5.11 Å². The summed E-state index contributed by atoms with van der Waals surface area (Å²) in [4.78, 5) is 0. The van der Waals surface area contributed by atoms with Gasteiger partial charge in [-0.1, -0.05) is 33.1 Å². The Labute approximate surface area is 81.5 Å². The van der Waals surface area contributed by atoms with Crippen LogP contribution in [0.5, 0.6) is 0 Å². The zero-order valence-electron chi connectivity index (χ0n) is 8.97. The Morgan fingerprint density at radius 3 is 2.38 bits per heavy atom. The van der Waals surface area contributed by atoms with Crippen LogP contribution in [0, 0.1) is 11.3 Å². The Morgan fingerprint density at radius 1 is 1.08 bits per heavy atom. The van der Waals surface area contributed by atoms with Crippen LogP contribution in [0.1, 0.15) is 58.8 Å². The molecule has 2 saturated carbocycles. The molecule has 1 nitrogen and oxygen atoms in total. The fourth-order valence-electron chi connectivity index (χ4n) is 3.65. The SMILES string of the molecule is C[C@@H]1CCC[C@@]2(C)CCCC[C@@]12O. The molecule has 1 heteroatoms. The van der Waals surface area contributed by atoms with E-state index in [-0.39, 0.29) is 11.0 Å². The average Bonchev–Trinajstić information content (AvgIpc) is 2.09. The van der Waals surface area contributed by atoms with E-state index in [1.54, 1.807) is 0 Å². The molecule has 2 fully saturated rings. The van der Waals surface area contributed by atoms with E-state index in [0.717, 1.165) is 6.42 Å². The molecule has 2 rings (SSSR count). The van der Waals surface area contributed by atoms with Crippen LogP contribution in [0.2, 0.25) is 0 Å². The van der Waals surface area contributed by atoms with E-state index in [0.29, 0.717) is 5.92 Å². The van der Waals surface area contributed by atoms with E-state index in [4.69, 9.17) is 0 Å². The Bertz CT molecular complexity index is 197. The number of rotatable bonds is 0. The molecule has 0 aromatic carbocycles. The van der Waals surface area contributed by atoms with Crippen LogP contribution in [-0.2, 0) is 0 Å². The summed E-state index contributed by atoms with van der Waals surface area (Å²) in [5.74, 6) is 0.520. The van der Waals surface area contributed by atoms with Gasteiger partial charge >= 0.3 is 0 Å². The Kier molecular flexibility index (Phi) is 2.18. The first-order valence-electron chi connectivity index (χ1n) is 5.81. The number of hydrogen-bond acceptors (Lipinski definition) is 1. The summed E-state index contributed by atoms with van der Waals surface area (Å²) in [6.07, 6.45) is 8.64. The van der Waals surface area contributed by atoms with Crippen LogP contribution in [0.25, 0.3) is 0 Å². The van der Waals surface area contributed by atoms with Gasteiger partial charge in [0.1, 0.15) is 0 Å². The van der Waals surface area contributed by atoms with E-state index < -0.39 is 0 Å². The van der Waals surface area contributed by atoms with Crippen LogP contribution in [0.3, 0.4) is 0 Å². The molecule has 0 bridgehead atoms. The molecule has 0 aromatic rings. The highest BCUT2D eigenvalue weighted by molar-refractivity contribution is 5.04. The maximum Gasteiger partial charge on any atom is 0.0726 e. The molecule has 2 aliphatic rings. The molecule has 2 aliphatic carbocycles. The van der Waals surface area contributed by atoms with Crippen molar-refractivity contribution in [3.63, 3.8) is 0 Å². The lowest BCUT2D eigenvalue weighted by molar-refractivity contribution is -0.164. The van der Waals surface area contributed by atoms with Crippen molar-refractivity contribution in [1.29, 1.82) is 0 Å². The summed E-state index contributed by atoms with van der Waals surface area (Å²) in [5.41, 5.74) is -0.0909. The molecule has 0 saturated heterocycles. The van der Waals surface area contributed by atoms with E-state index >= 15 is 0 Å².